The van der Waals surface area contributed by atoms with Crippen molar-refractivity contribution in [3.05, 3.63) is 58.4 Å². The number of aromatic nitrogens is 1. The minimum absolute atomic E-state index is 0.197. The molecular weight excluding hydrogens is 292 g/mol. The normalized spacial score (nSPS) is 10.4. The molecule has 0 aliphatic carbocycles. The first-order valence-electron chi connectivity index (χ1n) is 7.64. The smallest absolute Gasteiger partial charge is 0.355 e. The standard InChI is InChI=1S/C18H22N2O3/c1-5-23-18(22)16-12(2)15(17(21)19-4)13(3)20(16)11-14-9-7-6-8-10-14/h6-10H,5,11H2,1-4H3,(H,19,21). The minimum Gasteiger partial charge on any atom is -0.461 e. The van der Waals surface area contributed by atoms with E-state index in [0.29, 0.717) is 30.0 Å². The SMILES string of the molecule is CCOC(=O)c1c(C)c(C(=O)NC)c(C)n1Cc1ccccc1. The summed E-state index contributed by atoms with van der Waals surface area (Å²) in [7, 11) is 1.58. The predicted octanol–water partition coefficient (Wildman–Crippen LogP) is 2.69. The Bertz CT molecular complexity index is 718. The Morgan fingerprint density at radius 3 is 2.39 bits per heavy atom. The largest absolute Gasteiger partial charge is 0.461 e. The van der Waals surface area contributed by atoms with E-state index in [2.05, 4.69) is 5.32 Å². The third-order valence-electron chi connectivity index (χ3n) is 3.87. The number of ether oxygens (including phenoxy) is 1. The highest BCUT2D eigenvalue weighted by Gasteiger charge is 2.26. The molecule has 2 rings (SSSR count). The number of nitrogens with one attached hydrogen (secondary N) is 1. The van der Waals surface area contributed by atoms with Crippen molar-refractivity contribution in [3.63, 3.8) is 0 Å². The lowest BCUT2D eigenvalue weighted by molar-refractivity contribution is 0.0513. The molecule has 2 aromatic rings. The lowest BCUT2D eigenvalue weighted by Gasteiger charge is -2.11. The highest BCUT2D eigenvalue weighted by molar-refractivity contribution is 6.01. The van der Waals surface area contributed by atoms with Crippen molar-refractivity contribution in [1.29, 1.82) is 0 Å². The molecule has 1 N–H and O–H groups in total. The summed E-state index contributed by atoms with van der Waals surface area (Å²) in [4.78, 5) is 24.6. The molecule has 5 nitrogen and oxygen atoms in total. The molecule has 122 valence electrons. The van der Waals surface area contributed by atoms with E-state index in [1.54, 1.807) is 20.9 Å². The van der Waals surface area contributed by atoms with E-state index in [4.69, 9.17) is 4.74 Å². The number of amides is 1. The van der Waals surface area contributed by atoms with Gasteiger partial charge >= 0.3 is 5.97 Å². The van der Waals surface area contributed by atoms with Gasteiger partial charge in [0.05, 0.1) is 12.2 Å². The molecule has 1 aromatic heterocycles. The molecule has 0 saturated heterocycles. The van der Waals surface area contributed by atoms with Crippen LogP contribution in [0.15, 0.2) is 30.3 Å². The maximum Gasteiger partial charge on any atom is 0.355 e. The van der Waals surface area contributed by atoms with Crippen LogP contribution in [0.1, 0.15) is 44.6 Å². The second kappa shape index (κ2) is 7.13. The van der Waals surface area contributed by atoms with Crippen molar-refractivity contribution in [2.24, 2.45) is 0 Å². The van der Waals surface area contributed by atoms with Crippen LogP contribution >= 0.6 is 0 Å². The number of carbonyl (C=O) groups excluding carboxylic acids is 2. The van der Waals surface area contributed by atoms with Crippen LogP contribution in [0, 0.1) is 13.8 Å². The van der Waals surface area contributed by atoms with E-state index in [1.165, 1.54) is 0 Å². The molecular formula is C18H22N2O3. The van der Waals surface area contributed by atoms with Crippen molar-refractivity contribution in [1.82, 2.24) is 9.88 Å². The third kappa shape index (κ3) is 3.28. The Hall–Kier alpha value is -2.56. The van der Waals surface area contributed by atoms with E-state index in [-0.39, 0.29) is 5.91 Å². The second-order valence-corrected chi connectivity index (χ2v) is 5.31. The molecule has 5 heteroatoms. The Kier molecular flexibility index (Phi) is 5.21. The monoisotopic (exact) mass is 314 g/mol. The van der Waals surface area contributed by atoms with Gasteiger partial charge in [0.2, 0.25) is 0 Å². The van der Waals surface area contributed by atoms with Gasteiger partial charge in [-0.05, 0) is 31.9 Å². The number of rotatable bonds is 5. The highest BCUT2D eigenvalue weighted by Crippen LogP contribution is 2.24. The predicted molar refractivity (Wildman–Crippen MR) is 88.8 cm³/mol. The van der Waals surface area contributed by atoms with Crippen LogP contribution < -0.4 is 5.32 Å². The van der Waals surface area contributed by atoms with Gasteiger partial charge in [0.15, 0.2) is 0 Å². The quantitative estimate of drug-likeness (QED) is 0.863. The highest BCUT2D eigenvalue weighted by atomic mass is 16.5. The van der Waals surface area contributed by atoms with E-state index in [0.717, 1.165) is 11.3 Å². The lowest BCUT2D eigenvalue weighted by Crippen LogP contribution is -2.19. The summed E-state index contributed by atoms with van der Waals surface area (Å²) in [6.07, 6.45) is 0. The van der Waals surface area contributed by atoms with Crippen LogP contribution in [-0.4, -0.2) is 30.1 Å². The van der Waals surface area contributed by atoms with Crippen LogP contribution in [0.2, 0.25) is 0 Å². The molecule has 0 bridgehead atoms. The summed E-state index contributed by atoms with van der Waals surface area (Å²) in [5.74, 6) is -0.600. The molecule has 1 amide bonds. The molecule has 0 fully saturated rings. The summed E-state index contributed by atoms with van der Waals surface area (Å²) in [6.45, 7) is 6.21. The van der Waals surface area contributed by atoms with Gasteiger partial charge in [-0.3, -0.25) is 4.79 Å². The average Bonchev–Trinajstić information content (AvgIpc) is 2.78. The zero-order valence-electron chi connectivity index (χ0n) is 14.0. The van der Waals surface area contributed by atoms with Crippen molar-refractivity contribution in [2.45, 2.75) is 27.3 Å². The van der Waals surface area contributed by atoms with Gasteiger partial charge in [-0.1, -0.05) is 30.3 Å². The van der Waals surface area contributed by atoms with Gasteiger partial charge < -0.3 is 14.6 Å². The fourth-order valence-corrected chi connectivity index (χ4v) is 2.78. The van der Waals surface area contributed by atoms with E-state index < -0.39 is 5.97 Å². The van der Waals surface area contributed by atoms with Gasteiger partial charge in [-0.15, -0.1) is 0 Å². The lowest BCUT2D eigenvalue weighted by atomic mass is 10.1. The number of esters is 1. The molecule has 23 heavy (non-hydrogen) atoms. The average molecular weight is 314 g/mol. The van der Waals surface area contributed by atoms with E-state index >= 15 is 0 Å². The van der Waals surface area contributed by atoms with Crippen LogP contribution in [0.4, 0.5) is 0 Å². The maximum atomic E-state index is 12.4. The van der Waals surface area contributed by atoms with Crippen LogP contribution in [-0.2, 0) is 11.3 Å². The fourth-order valence-electron chi connectivity index (χ4n) is 2.78. The Morgan fingerprint density at radius 1 is 1.17 bits per heavy atom. The first kappa shape index (κ1) is 16.8. The molecule has 0 aliphatic rings. The van der Waals surface area contributed by atoms with Crippen LogP contribution in [0.5, 0.6) is 0 Å². The van der Waals surface area contributed by atoms with Gasteiger partial charge in [0.1, 0.15) is 5.69 Å². The molecule has 0 radical (unpaired) electrons. The topological polar surface area (TPSA) is 60.3 Å². The summed E-state index contributed by atoms with van der Waals surface area (Å²) >= 11 is 0. The summed E-state index contributed by atoms with van der Waals surface area (Å²) < 4.78 is 7.03. The van der Waals surface area contributed by atoms with E-state index in [9.17, 15) is 9.59 Å². The third-order valence-corrected chi connectivity index (χ3v) is 3.87. The zero-order valence-corrected chi connectivity index (χ0v) is 14.0. The zero-order chi connectivity index (χ0) is 17.0. The summed E-state index contributed by atoms with van der Waals surface area (Å²) in [5.41, 5.74) is 3.43. The minimum atomic E-state index is -0.404. The Labute approximate surface area is 136 Å². The second-order valence-electron chi connectivity index (χ2n) is 5.31. The maximum absolute atomic E-state index is 12.4. The number of nitrogens with zero attached hydrogens (tertiary/aromatic N) is 1. The van der Waals surface area contributed by atoms with Crippen molar-refractivity contribution < 1.29 is 14.3 Å². The molecule has 1 aromatic carbocycles. The molecule has 0 unspecified atom stereocenters. The van der Waals surface area contributed by atoms with Gasteiger partial charge in [-0.25, -0.2) is 4.79 Å². The van der Waals surface area contributed by atoms with Crippen molar-refractivity contribution in [3.8, 4) is 0 Å². The summed E-state index contributed by atoms with van der Waals surface area (Å²) in [5, 5.41) is 2.63. The van der Waals surface area contributed by atoms with Crippen LogP contribution in [0.3, 0.4) is 0 Å². The molecule has 0 saturated carbocycles. The van der Waals surface area contributed by atoms with E-state index in [1.807, 2.05) is 41.8 Å². The number of hydrogen-bond donors (Lipinski definition) is 1. The first-order valence-corrected chi connectivity index (χ1v) is 7.64. The molecule has 0 aliphatic heterocycles. The fraction of sp³-hybridized carbons (Fsp3) is 0.333. The molecule has 1 heterocycles. The van der Waals surface area contributed by atoms with Gasteiger partial charge in [0, 0.05) is 19.3 Å². The molecule has 0 spiro atoms. The van der Waals surface area contributed by atoms with Gasteiger partial charge in [-0.2, -0.15) is 0 Å². The number of carbonyl (C=O) groups is 2. The molecule has 0 atom stereocenters. The van der Waals surface area contributed by atoms with Crippen molar-refractivity contribution in [2.75, 3.05) is 13.7 Å². The first-order chi connectivity index (χ1) is 11.0. The van der Waals surface area contributed by atoms with Crippen LogP contribution in [0.25, 0.3) is 0 Å². The number of benzene rings is 1. The number of hydrogen-bond acceptors (Lipinski definition) is 3. The van der Waals surface area contributed by atoms with Gasteiger partial charge in [0.25, 0.3) is 5.91 Å². The Balaban J connectivity index is 2.58. The Morgan fingerprint density at radius 2 is 1.83 bits per heavy atom. The van der Waals surface area contributed by atoms with Crippen molar-refractivity contribution >= 4 is 11.9 Å². The summed E-state index contributed by atoms with van der Waals surface area (Å²) in [6, 6.07) is 9.82.